The summed E-state index contributed by atoms with van der Waals surface area (Å²) in [6.45, 7) is 2.32. The van der Waals surface area contributed by atoms with Gasteiger partial charge in [-0.1, -0.05) is 0 Å². The van der Waals surface area contributed by atoms with Crippen LogP contribution in [0, 0.1) is 0 Å². The molecule has 56 valence electrons. The Morgan fingerprint density at radius 2 is 2.40 bits per heavy atom. The van der Waals surface area contributed by atoms with Gasteiger partial charge in [-0.3, -0.25) is 4.79 Å². The van der Waals surface area contributed by atoms with Crippen LogP contribution in [0.15, 0.2) is 11.3 Å². The fourth-order valence-corrected chi connectivity index (χ4v) is 1.07. The van der Waals surface area contributed by atoms with Gasteiger partial charge >= 0.3 is 0 Å². The van der Waals surface area contributed by atoms with Crippen molar-refractivity contribution in [2.75, 3.05) is 13.2 Å². The predicted molar refractivity (Wildman–Crippen MR) is 37.4 cm³/mol. The first-order chi connectivity index (χ1) is 4.75. The van der Waals surface area contributed by atoms with Gasteiger partial charge in [0.15, 0.2) is 5.78 Å². The molecule has 1 aliphatic heterocycles. The van der Waals surface area contributed by atoms with Gasteiger partial charge in [-0.2, -0.15) is 0 Å². The molecular weight excluding hydrogens is 130 g/mol. The highest BCUT2D eigenvalue weighted by Crippen LogP contribution is 2.12. The zero-order valence-electron chi connectivity index (χ0n) is 5.98. The van der Waals surface area contributed by atoms with Crippen LogP contribution in [0.1, 0.15) is 13.3 Å². The second kappa shape index (κ2) is 2.84. The summed E-state index contributed by atoms with van der Waals surface area (Å²) in [6, 6.07) is 0. The summed E-state index contributed by atoms with van der Waals surface area (Å²) in [5.41, 5.74) is 1.67. The smallest absolute Gasteiger partial charge is 0.179 e. The topological polar surface area (TPSA) is 49.3 Å². The van der Waals surface area contributed by atoms with E-state index in [1.807, 2.05) is 6.92 Å². The molecule has 1 rings (SSSR count). The fraction of sp³-hybridized carbons (Fsp3) is 0.571. The number of aliphatic hydroxyl groups excluding tert-OH is 1. The van der Waals surface area contributed by atoms with Gasteiger partial charge in [0.25, 0.3) is 0 Å². The number of carbonyl (C=O) groups excluding carboxylic acids is 1. The Morgan fingerprint density at radius 1 is 1.70 bits per heavy atom. The molecule has 0 fully saturated rings. The largest absolute Gasteiger partial charge is 0.396 e. The summed E-state index contributed by atoms with van der Waals surface area (Å²) in [6.07, 6.45) is 0.484. The van der Waals surface area contributed by atoms with Crippen molar-refractivity contribution in [3.05, 3.63) is 11.3 Å². The minimum atomic E-state index is 0.0556. The molecule has 0 aliphatic carbocycles. The van der Waals surface area contributed by atoms with Crippen molar-refractivity contribution in [2.24, 2.45) is 0 Å². The SMILES string of the molecule is CC1=C(CCO)C(=O)CN1. The number of aliphatic hydroxyl groups is 1. The minimum absolute atomic E-state index is 0.0556. The summed E-state index contributed by atoms with van der Waals surface area (Å²) in [5.74, 6) is 0.117. The maximum atomic E-state index is 10.9. The first-order valence-corrected chi connectivity index (χ1v) is 3.33. The number of carbonyl (C=O) groups is 1. The summed E-state index contributed by atoms with van der Waals surface area (Å²) in [4.78, 5) is 10.9. The van der Waals surface area contributed by atoms with Crippen molar-refractivity contribution in [1.29, 1.82) is 0 Å². The van der Waals surface area contributed by atoms with E-state index in [4.69, 9.17) is 5.11 Å². The zero-order chi connectivity index (χ0) is 7.56. The van der Waals surface area contributed by atoms with Crippen molar-refractivity contribution in [3.8, 4) is 0 Å². The van der Waals surface area contributed by atoms with E-state index in [1.165, 1.54) is 0 Å². The first kappa shape index (κ1) is 7.28. The number of rotatable bonds is 2. The molecule has 0 saturated carbocycles. The average Bonchev–Trinajstić information content (AvgIpc) is 2.20. The standard InChI is InChI=1S/C7H11NO2/c1-5-6(2-3-9)7(10)4-8-5/h8-9H,2-4H2,1H3. The lowest BCUT2D eigenvalue weighted by atomic mass is 10.1. The van der Waals surface area contributed by atoms with E-state index < -0.39 is 0 Å². The number of allylic oxidation sites excluding steroid dienone is 1. The molecule has 0 bridgehead atoms. The van der Waals surface area contributed by atoms with Crippen LogP contribution in [0.3, 0.4) is 0 Å². The van der Waals surface area contributed by atoms with E-state index in [1.54, 1.807) is 0 Å². The Bertz CT molecular complexity index is 184. The van der Waals surface area contributed by atoms with Gasteiger partial charge in [0, 0.05) is 24.3 Å². The third-order valence-electron chi connectivity index (χ3n) is 1.67. The molecule has 0 aromatic heterocycles. The third-order valence-corrected chi connectivity index (χ3v) is 1.67. The summed E-state index contributed by atoms with van der Waals surface area (Å²) >= 11 is 0. The van der Waals surface area contributed by atoms with Gasteiger partial charge in [-0.05, 0) is 6.92 Å². The lowest BCUT2D eigenvalue weighted by Gasteiger charge is -1.95. The molecule has 1 heterocycles. The van der Waals surface area contributed by atoms with Gasteiger partial charge in [0.1, 0.15) is 0 Å². The van der Waals surface area contributed by atoms with Gasteiger partial charge < -0.3 is 10.4 Å². The summed E-state index contributed by atoms with van der Waals surface area (Å²) in [7, 11) is 0. The predicted octanol–water partition coefficient (Wildman–Crippen LogP) is -0.185. The van der Waals surface area contributed by atoms with Crippen LogP contribution in [0.25, 0.3) is 0 Å². The Hall–Kier alpha value is -0.830. The first-order valence-electron chi connectivity index (χ1n) is 3.33. The normalized spacial score (nSPS) is 18.0. The minimum Gasteiger partial charge on any atom is -0.396 e. The fourth-order valence-electron chi connectivity index (χ4n) is 1.07. The van der Waals surface area contributed by atoms with Crippen molar-refractivity contribution < 1.29 is 9.90 Å². The Balaban J connectivity index is 2.68. The Kier molecular flexibility index (Phi) is 2.06. The van der Waals surface area contributed by atoms with Crippen LogP contribution in [0.2, 0.25) is 0 Å². The van der Waals surface area contributed by atoms with Gasteiger partial charge in [0.2, 0.25) is 0 Å². The van der Waals surface area contributed by atoms with Crippen LogP contribution in [-0.4, -0.2) is 24.0 Å². The number of hydrogen-bond acceptors (Lipinski definition) is 3. The van der Waals surface area contributed by atoms with Crippen molar-refractivity contribution in [2.45, 2.75) is 13.3 Å². The highest BCUT2D eigenvalue weighted by atomic mass is 16.3. The second-order valence-electron chi connectivity index (χ2n) is 2.35. The molecule has 3 nitrogen and oxygen atoms in total. The van der Waals surface area contributed by atoms with E-state index in [2.05, 4.69) is 5.32 Å². The molecule has 10 heavy (non-hydrogen) atoms. The maximum absolute atomic E-state index is 10.9. The zero-order valence-corrected chi connectivity index (χ0v) is 5.98. The molecule has 0 unspecified atom stereocenters. The molecule has 0 saturated heterocycles. The molecule has 0 atom stereocenters. The van der Waals surface area contributed by atoms with Crippen molar-refractivity contribution >= 4 is 5.78 Å². The summed E-state index contributed by atoms with van der Waals surface area (Å²) < 4.78 is 0. The van der Waals surface area contributed by atoms with Gasteiger partial charge in [0.05, 0.1) is 6.54 Å². The molecule has 0 spiro atoms. The van der Waals surface area contributed by atoms with Crippen LogP contribution >= 0.6 is 0 Å². The quantitative estimate of drug-likeness (QED) is 0.560. The Morgan fingerprint density at radius 3 is 2.80 bits per heavy atom. The van der Waals surface area contributed by atoms with Crippen molar-refractivity contribution in [1.82, 2.24) is 5.32 Å². The molecule has 1 aliphatic rings. The lowest BCUT2D eigenvalue weighted by Crippen LogP contribution is -2.10. The van der Waals surface area contributed by atoms with E-state index in [9.17, 15) is 4.79 Å². The summed E-state index contributed by atoms with van der Waals surface area (Å²) in [5, 5.41) is 11.5. The van der Waals surface area contributed by atoms with Crippen LogP contribution < -0.4 is 5.32 Å². The molecular formula is C7H11NO2. The van der Waals surface area contributed by atoms with E-state index in [-0.39, 0.29) is 12.4 Å². The molecule has 0 radical (unpaired) electrons. The van der Waals surface area contributed by atoms with Gasteiger partial charge in [-0.25, -0.2) is 0 Å². The third kappa shape index (κ3) is 1.19. The molecule has 2 N–H and O–H groups in total. The van der Waals surface area contributed by atoms with Crippen LogP contribution in [-0.2, 0) is 4.79 Å². The molecule has 3 heteroatoms. The number of hydrogen-bond donors (Lipinski definition) is 2. The van der Waals surface area contributed by atoms with Crippen molar-refractivity contribution in [3.63, 3.8) is 0 Å². The second-order valence-corrected chi connectivity index (χ2v) is 2.35. The number of ketones is 1. The average molecular weight is 141 g/mol. The van der Waals surface area contributed by atoms with E-state index in [0.29, 0.717) is 13.0 Å². The molecule has 0 aromatic carbocycles. The maximum Gasteiger partial charge on any atom is 0.179 e. The van der Waals surface area contributed by atoms with E-state index >= 15 is 0 Å². The highest BCUT2D eigenvalue weighted by molar-refractivity contribution is 5.99. The van der Waals surface area contributed by atoms with E-state index in [0.717, 1.165) is 11.3 Å². The number of nitrogens with one attached hydrogen (secondary N) is 1. The Labute approximate surface area is 59.7 Å². The van der Waals surface area contributed by atoms with Crippen LogP contribution in [0.4, 0.5) is 0 Å². The lowest BCUT2D eigenvalue weighted by molar-refractivity contribution is -0.114. The monoisotopic (exact) mass is 141 g/mol. The number of Topliss-reactive ketones (excluding diaryl/α,β-unsaturated/α-hetero) is 1. The van der Waals surface area contributed by atoms with Gasteiger partial charge in [-0.15, -0.1) is 0 Å². The highest BCUT2D eigenvalue weighted by Gasteiger charge is 2.17. The molecule has 0 amide bonds. The van der Waals surface area contributed by atoms with Crippen LogP contribution in [0.5, 0.6) is 0 Å². The molecule has 0 aromatic rings.